The van der Waals surface area contributed by atoms with Crippen LogP contribution in [0.2, 0.25) is 10.2 Å². The van der Waals surface area contributed by atoms with E-state index in [9.17, 15) is 13.6 Å². The molecule has 0 aliphatic carbocycles. The van der Waals surface area contributed by atoms with E-state index in [4.69, 9.17) is 27.9 Å². The fourth-order valence-electron chi connectivity index (χ4n) is 2.16. The second-order valence-corrected chi connectivity index (χ2v) is 5.50. The number of esters is 1. The summed E-state index contributed by atoms with van der Waals surface area (Å²) in [6, 6.07) is 7.71. The molecule has 0 saturated carbocycles. The molecule has 2 aromatic heterocycles. The summed E-state index contributed by atoms with van der Waals surface area (Å²) in [5.41, 5.74) is 0.707. The first-order valence-corrected chi connectivity index (χ1v) is 7.45. The Kier molecular flexibility index (Phi) is 4.64. The first-order chi connectivity index (χ1) is 11.5. The Morgan fingerprint density at radius 1 is 1.29 bits per heavy atom. The van der Waals surface area contributed by atoms with E-state index in [0.717, 1.165) is 4.57 Å². The molecular formula is C15H9Cl2F2N3O2. The van der Waals surface area contributed by atoms with Crippen molar-refractivity contribution in [1.29, 1.82) is 0 Å². The van der Waals surface area contributed by atoms with Crippen molar-refractivity contribution in [1.82, 2.24) is 14.5 Å². The van der Waals surface area contributed by atoms with Crippen LogP contribution in [-0.4, -0.2) is 20.5 Å². The summed E-state index contributed by atoms with van der Waals surface area (Å²) >= 11 is 11.4. The number of nitrogens with zero attached hydrogens (tertiary/aromatic N) is 3. The van der Waals surface area contributed by atoms with Crippen LogP contribution >= 0.6 is 23.2 Å². The number of benzene rings is 1. The molecule has 0 aliphatic heterocycles. The highest BCUT2D eigenvalue weighted by molar-refractivity contribution is 6.41. The normalized spacial score (nSPS) is 11.2. The molecule has 124 valence electrons. The highest BCUT2D eigenvalue weighted by Gasteiger charge is 2.19. The Morgan fingerprint density at radius 2 is 2.04 bits per heavy atom. The second kappa shape index (κ2) is 6.70. The van der Waals surface area contributed by atoms with Crippen molar-refractivity contribution in [3.63, 3.8) is 0 Å². The minimum atomic E-state index is -2.81. The van der Waals surface area contributed by atoms with E-state index in [-0.39, 0.29) is 27.1 Å². The number of fused-ring (bicyclic) bond motifs is 1. The number of ether oxygens (including phenoxy) is 1. The lowest BCUT2D eigenvalue weighted by Gasteiger charge is -2.08. The summed E-state index contributed by atoms with van der Waals surface area (Å²) in [5, 5.41) is 0.138. The van der Waals surface area contributed by atoms with Gasteiger partial charge in [0.15, 0.2) is 5.82 Å². The van der Waals surface area contributed by atoms with Crippen LogP contribution < -0.4 is 0 Å². The second-order valence-electron chi connectivity index (χ2n) is 4.74. The van der Waals surface area contributed by atoms with Gasteiger partial charge in [-0.1, -0.05) is 35.3 Å². The maximum Gasteiger partial charge on any atom is 0.340 e. The first-order valence-electron chi connectivity index (χ1n) is 6.69. The molecule has 3 aromatic rings. The number of carbonyl (C=O) groups excluding carboxylic acids is 1. The van der Waals surface area contributed by atoms with Gasteiger partial charge in [0.2, 0.25) is 0 Å². The van der Waals surface area contributed by atoms with Gasteiger partial charge in [0, 0.05) is 6.20 Å². The van der Waals surface area contributed by atoms with Crippen molar-refractivity contribution >= 4 is 40.2 Å². The lowest BCUT2D eigenvalue weighted by molar-refractivity contribution is 0.0387. The predicted molar refractivity (Wildman–Crippen MR) is 84.4 cm³/mol. The van der Waals surface area contributed by atoms with Crippen LogP contribution in [0.3, 0.4) is 0 Å². The summed E-state index contributed by atoms with van der Waals surface area (Å²) in [4.78, 5) is 19.8. The number of alkyl halides is 2. The number of hydrogen-bond donors (Lipinski definition) is 0. The molecule has 3 rings (SSSR count). The molecule has 0 saturated heterocycles. The molecule has 0 unspecified atom stereocenters. The lowest BCUT2D eigenvalue weighted by Crippen LogP contribution is -2.11. The van der Waals surface area contributed by atoms with Gasteiger partial charge in [-0.25, -0.2) is 14.8 Å². The van der Waals surface area contributed by atoms with Crippen LogP contribution in [0.25, 0.3) is 11.0 Å². The SMILES string of the molecule is O=C(OCc1nc2ccccc2n1C(F)F)c1cnc(Cl)c(Cl)c1. The minimum absolute atomic E-state index is 0.0488. The maximum absolute atomic E-state index is 13.3. The molecule has 0 fully saturated rings. The van der Waals surface area contributed by atoms with Crippen molar-refractivity contribution < 1.29 is 18.3 Å². The molecule has 0 aliphatic rings. The topological polar surface area (TPSA) is 57.0 Å². The molecule has 5 nitrogen and oxygen atoms in total. The van der Waals surface area contributed by atoms with Crippen molar-refractivity contribution in [3.8, 4) is 0 Å². The standard InChI is InChI=1S/C15H9Cl2F2N3O2/c16-9-5-8(6-20-13(9)17)14(23)24-7-12-21-10-3-1-2-4-11(10)22(12)15(18)19/h1-6,15H,7H2. The Hall–Kier alpha value is -2.25. The molecule has 1 aromatic carbocycles. The number of hydrogen-bond acceptors (Lipinski definition) is 4. The average molecular weight is 372 g/mol. The summed E-state index contributed by atoms with van der Waals surface area (Å²) in [6.45, 7) is -3.23. The average Bonchev–Trinajstić information content (AvgIpc) is 2.93. The van der Waals surface area contributed by atoms with Crippen LogP contribution in [0.15, 0.2) is 36.5 Å². The smallest absolute Gasteiger partial charge is 0.340 e. The molecule has 0 amide bonds. The highest BCUT2D eigenvalue weighted by Crippen LogP contribution is 2.24. The Bertz CT molecular complexity index is 915. The van der Waals surface area contributed by atoms with Crippen molar-refractivity contribution in [2.45, 2.75) is 13.2 Å². The van der Waals surface area contributed by atoms with Gasteiger partial charge in [0.1, 0.15) is 11.8 Å². The molecule has 0 spiro atoms. The van der Waals surface area contributed by atoms with E-state index < -0.39 is 19.1 Å². The van der Waals surface area contributed by atoms with Crippen molar-refractivity contribution in [2.24, 2.45) is 0 Å². The quantitative estimate of drug-likeness (QED) is 0.500. The number of pyridine rings is 1. The van der Waals surface area contributed by atoms with E-state index in [0.29, 0.717) is 5.52 Å². The van der Waals surface area contributed by atoms with Gasteiger partial charge in [-0.3, -0.25) is 4.57 Å². The van der Waals surface area contributed by atoms with E-state index in [1.165, 1.54) is 18.3 Å². The van der Waals surface area contributed by atoms with Gasteiger partial charge in [-0.05, 0) is 18.2 Å². The molecule has 2 heterocycles. The van der Waals surface area contributed by atoms with Crippen LogP contribution in [-0.2, 0) is 11.3 Å². The lowest BCUT2D eigenvalue weighted by atomic mass is 10.3. The van der Waals surface area contributed by atoms with Crippen molar-refractivity contribution in [3.05, 3.63) is 58.1 Å². The maximum atomic E-state index is 13.3. The van der Waals surface area contributed by atoms with E-state index >= 15 is 0 Å². The zero-order chi connectivity index (χ0) is 17.3. The number of imidazole rings is 1. The number of para-hydroxylation sites is 2. The van der Waals surface area contributed by atoms with Gasteiger partial charge >= 0.3 is 12.5 Å². The van der Waals surface area contributed by atoms with Gasteiger partial charge in [-0.15, -0.1) is 0 Å². The van der Waals surface area contributed by atoms with E-state index in [1.807, 2.05) is 0 Å². The number of halogens is 4. The summed E-state index contributed by atoms with van der Waals surface area (Å²) < 4.78 is 32.3. The van der Waals surface area contributed by atoms with Gasteiger partial charge in [-0.2, -0.15) is 8.78 Å². The van der Waals surface area contributed by atoms with Gasteiger partial charge in [0.25, 0.3) is 0 Å². The Balaban J connectivity index is 1.83. The van der Waals surface area contributed by atoms with Gasteiger partial charge in [0.05, 0.1) is 21.6 Å². The molecule has 0 atom stereocenters. The van der Waals surface area contributed by atoms with Crippen LogP contribution in [0.4, 0.5) is 8.78 Å². The molecule has 0 radical (unpaired) electrons. The highest BCUT2D eigenvalue weighted by atomic mass is 35.5. The number of carbonyl (C=O) groups is 1. The molecular weight excluding hydrogens is 363 g/mol. The first kappa shape index (κ1) is 16.6. The summed E-state index contributed by atoms with van der Waals surface area (Å²) in [7, 11) is 0. The monoisotopic (exact) mass is 371 g/mol. The fraction of sp³-hybridized carbons (Fsp3) is 0.133. The molecule has 0 bridgehead atoms. The van der Waals surface area contributed by atoms with Crippen molar-refractivity contribution in [2.75, 3.05) is 0 Å². The summed E-state index contributed by atoms with van der Waals surface area (Å²) in [6.07, 6.45) is 1.19. The van der Waals surface area contributed by atoms with Gasteiger partial charge < -0.3 is 4.74 Å². The molecule has 0 N–H and O–H groups in total. The van der Waals surface area contributed by atoms with E-state index in [2.05, 4.69) is 9.97 Å². The number of rotatable bonds is 4. The number of aromatic nitrogens is 3. The summed E-state index contributed by atoms with van der Waals surface area (Å²) in [5.74, 6) is -0.832. The Morgan fingerprint density at radius 3 is 2.75 bits per heavy atom. The minimum Gasteiger partial charge on any atom is -0.454 e. The third-order valence-corrected chi connectivity index (χ3v) is 3.91. The van der Waals surface area contributed by atoms with Crippen LogP contribution in [0, 0.1) is 0 Å². The molecule has 9 heteroatoms. The van der Waals surface area contributed by atoms with Crippen LogP contribution in [0.5, 0.6) is 0 Å². The van der Waals surface area contributed by atoms with E-state index in [1.54, 1.807) is 18.2 Å². The largest absolute Gasteiger partial charge is 0.454 e. The molecule has 24 heavy (non-hydrogen) atoms. The zero-order valence-corrected chi connectivity index (χ0v) is 13.4. The third-order valence-electron chi connectivity index (χ3n) is 3.23. The third kappa shape index (κ3) is 3.18. The predicted octanol–water partition coefficient (Wildman–Crippen LogP) is 4.49. The fourth-order valence-corrected chi connectivity index (χ4v) is 2.43. The Labute approximate surface area is 144 Å². The zero-order valence-electron chi connectivity index (χ0n) is 11.9. The van der Waals surface area contributed by atoms with Crippen LogP contribution in [0.1, 0.15) is 22.7 Å².